The van der Waals surface area contributed by atoms with Gasteiger partial charge in [-0.25, -0.2) is 0 Å². The van der Waals surface area contributed by atoms with E-state index >= 15 is 0 Å². The smallest absolute Gasteiger partial charge is 0.253 e. The number of hydrogen-bond donors (Lipinski definition) is 1. The minimum absolute atomic E-state index is 0.0248. The monoisotopic (exact) mass is 362 g/mol. The second kappa shape index (κ2) is 7.78. The lowest BCUT2D eigenvalue weighted by molar-refractivity contribution is -0.129. The minimum Gasteiger partial charge on any atom is -0.338 e. The van der Waals surface area contributed by atoms with Crippen molar-refractivity contribution in [2.45, 2.75) is 40.7 Å². The van der Waals surface area contributed by atoms with Crippen LogP contribution in [-0.4, -0.2) is 22.3 Å². The number of pyridine rings is 1. The lowest BCUT2D eigenvalue weighted by Gasteiger charge is -2.21. The summed E-state index contributed by atoms with van der Waals surface area (Å²) in [7, 11) is 0. The van der Waals surface area contributed by atoms with Gasteiger partial charge in [-0.1, -0.05) is 24.3 Å². The second-order valence-corrected chi connectivity index (χ2v) is 7.26. The molecular formula is C23H26N2O2. The fraction of sp³-hybridized carbons (Fsp3) is 0.304. The van der Waals surface area contributed by atoms with Crippen LogP contribution in [0, 0.1) is 20.8 Å². The number of fused-ring (bicyclic) bond motifs is 1. The molecule has 3 aromatic rings. The molecule has 0 aliphatic rings. The van der Waals surface area contributed by atoms with Gasteiger partial charge in [0.25, 0.3) is 5.56 Å². The maximum Gasteiger partial charge on any atom is 0.253 e. The normalized spacial score (nSPS) is 11.0. The SMILES string of the molecule is CC(=O)N(CCc1ccccc1C)Cc1cc2cc(C)c(C)cc2[nH]c1=O. The average molecular weight is 362 g/mol. The van der Waals surface area contributed by atoms with E-state index in [0.717, 1.165) is 22.9 Å². The molecule has 0 saturated heterocycles. The van der Waals surface area contributed by atoms with Crippen LogP contribution in [0.3, 0.4) is 0 Å². The highest BCUT2D eigenvalue weighted by Crippen LogP contribution is 2.18. The predicted octanol–water partition coefficient (Wildman–Crippen LogP) is 4.04. The first-order valence-electron chi connectivity index (χ1n) is 9.28. The molecule has 140 valence electrons. The lowest BCUT2D eigenvalue weighted by Crippen LogP contribution is -2.32. The van der Waals surface area contributed by atoms with E-state index in [4.69, 9.17) is 0 Å². The number of aromatic nitrogens is 1. The van der Waals surface area contributed by atoms with Crippen molar-refractivity contribution in [2.24, 2.45) is 0 Å². The third-order valence-electron chi connectivity index (χ3n) is 5.25. The zero-order valence-electron chi connectivity index (χ0n) is 16.4. The summed E-state index contributed by atoms with van der Waals surface area (Å²) in [5.74, 6) is -0.0248. The maximum atomic E-state index is 12.5. The molecule has 1 N–H and O–H groups in total. The van der Waals surface area contributed by atoms with E-state index in [2.05, 4.69) is 37.0 Å². The van der Waals surface area contributed by atoms with E-state index in [-0.39, 0.29) is 11.5 Å². The maximum absolute atomic E-state index is 12.5. The zero-order valence-corrected chi connectivity index (χ0v) is 16.4. The van der Waals surface area contributed by atoms with Gasteiger partial charge >= 0.3 is 0 Å². The summed E-state index contributed by atoms with van der Waals surface area (Å²) in [6, 6.07) is 14.2. The molecule has 1 aromatic heterocycles. The highest BCUT2D eigenvalue weighted by atomic mass is 16.2. The number of rotatable bonds is 5. The number of carbonyl (C=O) groups is 1. The Labute approximate surface area is 159 Å². The molecule has 0 aliphatic heterocycles. The number of aromatic amines is 1. The third kappa shape index (κ3) is 4.27. The van der Waals surface area contributed by atoms with E-state index in [1.54, 1.807) is 11.8 Å². The number of H-pyrrole nitrogens is 1. The Kier molecular flexibility index (Phi) is 5.45. The first-order valence-corrected chi connectivity index (χ1v) is 9.28. The molecule has 4 heteroatoms. The van der Waals surface area contributed by atoms with Crippen molar-refractivity contribution in [2.75, 3.05) is 6.54 Å². The molecule has 0 aliphatic carbocycles. The predicted molar refractivity (Wildman–Crippen MR) is 110 cm³/mol. The summed E-state index contributed by atoms with van der Waals surface area (Å²) >= 11 is 0. The van der Waals surface area contributed by atoms with Crippen molar-refractivity contribution < 1.29 is 4.79 Å². The van der Waals surface area contributed by atoms with Crippen LogP contribution in [0.2, 0.25) is 0 Å². The van der Waals surface area contributed by atoms with Crippen LogP contribution in [0.25, 0.3) is 10.9 Å². The van der Waals surface area contributed by atoms with Crippen LogP contribution in [0.1, 0.15) is 34.7 Å². The van der Waals surface area contributed by atoms with Crippen molar-refractivity contribution in [3.63, 3.8) is 0 Å². The first-order chi connectivity index (χ1) is 12.8. The second-order valence-electron chi connectivity index (χ2n) is 7.26. The van der Waals surface area contributed by atoms with E-state index in [1.165, 1.54) is 16.7 Å². The van der Waals surface area contributed by atoms with Gasteiger partial charge < -0.3 is 9.88 Å². The van der Waals surface area contributed by atoms with Crippen molar-refractivity contribution >= 4 is 16.8 Å². The quantitative estimate of drug-likeness (QED) is 0.745. The van der Waals surface area contributed by atoms with Crippen molar-refractivity contribution in [1.29, 1.82) is 0 Å². The van der Waals surface area contributed by atoms with Crippen LogP contribution >= 0.6 is 0 Å². The Bertz CT molecular complexity index is 1050. The molecule has 0 saturated carbocycles. The van der Waals surface area contributed by atoms with Gasteiger partial charge in [-0.05, 0) is 73.0 Å². The summed E-state index contributed by atoms with van der Waals surface area (Å²) in [6.45, 7) is 8.63. The number of benzene rings is 2. The van der Waals surface area contributed by atoms with Crippen LogP contribution < -0.4 is 5.56 Å². The van der Waals surface area contributed by atoms with Gasteiger partial charge in [-0.2, -0.15) is 0 Å². The van der Waals surface area contributed by atoms with Crippen molar-refractivity contribution in [1.82, 2.24) is 9.88 Å². The summed E-state index contributed by atoms with van der Waals surface area (Å²) in [4.78, 5) is 29.4. The molecule has 0 unspecified atom stereocenters. The van der Waals surface area contributed by atoms with Gasteiger partial charge in [0, 0.05) is 24.5 Å². The molecule has 4 nitrogen and oxygen atoms in total. The molecule has 0 bridgehead atoms. The molecule has 0 spiro atoms. The number of nitrogens with zero attached hydrogens (tertiary/aromatic N) is 1. The van der Waals surface area contributed by atoms with E-state index in [1.807, 2.05) is 31.2 Å². The molecule has 27 heavy (non-hydrogen) atoms. The Morgan fingerprint density at radius 2 is 1.67 bits per heavy atom. The number of hydrogen-bond acceptors (Lipinski definition) is 2. The van der Waals surface area contributed by atoms with Gasteiger partial charge in [-0.15, -0.1) is 0 Å². The van der Waals surface area contributed by atoms with Crippen LogP contribution in [0.4, 0.5) is 0 Å². The number of carbonyl (C=O) groups excluding carboxylic acids is 1. The standard InChI is InChI=1S/C23H26N2O2/c1-15-7-5-6-8-19(15)9-10-25(18(4)26)14-21-13-20-11-16(2)17(3)12-22(20)24-23(21)27/h5-8,11-13H,9-10,14H2,1-4H3,(H,24,27). The van der Waals surface area contributed by atoms with Gasteiger partial charge in [0.15, 0.2) is 0 Å². The molecule has 1 amide bonds. The van der Waals surface area contributed by atoms with Crippen molar-refractivity contribution in [3.8, 4) is 0 Å². The lowest BCUT2D eigenvalue weighted by atomic mass is 10.0. The van der Waals surface area contributed by atoms with Crippen molar-refractivity contribution in [3.05, 3.63) is 80.6 Å². The number of nitrogens with one attached hydrogen (secondary N) is 1. The fourth-order valence-electron chi connectivity index (χ4n) is 3.34. The Balaban J connectivity index is 1.85. The molecule has 0 fully saturated rings. The molecule has 2 aromatic carbocycles. The Morgan fingerprint density at radius 1 is 0.963 bits per heavy atom. The summed E-state index contributed by atoms with van der Waals surface area (Å²) < 4.78 is 0. The summed E-state index contributed by atoms with van der Waals surface area (Å²) in [5.41, 5.74) is 6.09. The van der Waals surface area contributed by atoms with Crippen LogP contribution in [-0.2, 0) is 17.8 Å². The molecule has 1 heterocycles. The van der Waals surface area contributed by atoms with Crippen LogP contribution in [0.15, 0.2) is 47.3 Å². The highest BCUT2D eigenvalue weighted by molar-refractivity contribution is 5.81. The third-order valence-corrected chi connectivity index (χ3v) is 5.25. The van der Waals surface area contributed by atoms with E-state index in [0.29, 0.717) is 18.7 Å². The minimum atomic E-state index is -0.132. The van der Waals surface area contributed by atoms with Gasteiger partial charge in [0.1, 0.15) is 0 Å². The Morgan fingerprint density at radius 3 is 2.37 bits per heavy atom. The van der Waals surface area contributed by atoms with E-state index in [9.17, 15) is 9.59 Å². The summed E-state index contributed by atoms with van der Waals surface area (Å²) in [6.07, 6.45) is 0.774. The van der Waals surface area contributed by atoms with Crippen LogP contribution in [0.5, 0.6) is 0 Å². The molecule has 3 rings (SSSR count). The highest BCUT2D eigenvalue weighted by Gasteiger charge is 2.13. The average Bonchev–Trinajstić information content (AvgIpc) is 2.61. The first kappa shape index (κ1) is 18.9. The van der Waals surface area contributed by atoms with Gasteiger partial charge in [-0.3, -0.25) is 9.59 Å². The zero-order chi connectivity index (χ0) is 19.6. The van der Waals surface area contributed by atoms with E-state index < -0.39 is 0 Å². The summed E-state index contributed by atoms with van der Waals surface area (Å²) in [5, 5.41) is 0.995. The number of amides is 1. The fourth-order valence-corrected chi connectivity index (χ4v) is 3.34. The van der Waals surface area contributed by atoms with Gasteiger partial charge in [0.05, 0.1) is 6.54 Å². The molecular weight excluding hydrogens is 336 g/mol. The molecule has 0 atom stereocenters. The number of aryl methyl sites for hydroxylation is 3. The molecule has 0 radical (unpaired) electrons. The largest absolute Gasteiger partial charge is 0.338 e. The van der Waals surface area contributed by atoms with Gasteiger partial charge in [0.2, 0.25) is 5.91 Å². The Hall–Kier alpha value is -2.88. The topological polar surface area (TPSA) is 53.2 Å².